The summed E-state index contributed by atoms with van der Waals surface area (Å²) in [7, 11) is 0. The Hall–Kier alpha value is -0.920. The Morgan fingerprint density at radius 1 is 1.36 bits per heavy atom. The predicted molar refractivity (Wildman–Crippen MR) is 84.6 cm³/mol. The molecule has 1 rings (SSSR count). The second-order valence-electron chi connectivity index (χ2n) is 3.66. The van der Waals surface area contributed by atoms with Gasteiger partial charge in [0.15, 0.2) is 5.71 Å². The molecule has 0 saturated heterocycles. The van der Waals surface area contributed by atoms with Crippen LogP contribution in [0.1, 0.15) is 5.56 Å². The molecule has 118 valence electrons. The Balaban J connectivity index is 3.28. The Morgan fingerprint density at radius 3 is 2.23 bits per heavy atom. The first-order valence-electron chi connectivity index (χ1n) is 5.15. The van der Waals surface area contributed by atoms with Crippen LogP contribution in [-0.4, -0.2) is 10.3 Å². The summed E-state index contributed by atoms with van der Waals surface area (Å²) in [5, 5.41) is 17.8. The molecule has 0 heterocycles. The number of allylic oxidation sites excluding steroid dienone is 1. The highest BCUT2D eigenvalue weighted by Gasteiger charge is 2.32. The van der Waals surface area contributed by atoms with Gasteiger partial charge in [-0.25, -0.2) is 0 Å². The Morgan fingerprint density at radius 2 is 1.86 bits per heavy atom. The summed E-state index contributed by atoms with van der Waals surface area (Å²) in [5.74, 6) is 0. The molecule has 0 spiro atoms. The third-order valence-corrected chi connectivity index (χ3v) is 4.28. The van der Waals surface area contributed by atoms with Crippen LogP contribution >= 0.6 is 51.2 Å². The number of alkyl halides is 3. The van der Waals surface area contributed by atoms with Crippen LogP contribution in [0.4, 0.5) is 18.9 Å². The number of anilines is 1. The summed E-state index contributed by atoms with van der Waals surface area (Å²) in [6, 6.07) is 2.86. The maximum atomic E-state index is 12.6. The molecule has 0 fully saturated rings. The summed E-state index contributed by atoms with van der Waals surface area (Å²) >= 11 is 14.6. The topological polar surface area (TPSA) is 79.9 Å². The van der Waals surface area contributed by atoms with Gasteiger partial charge >= 0.3 is 6.18 Å². The minimum absolute atomic E-state index is 0.0462. The minimum atomic E-state index is -4.60. The minimum Gasteiger partial charge on any atom is -0.346 e. The highest BCUT2D eigenvalue weighted by atomic mass is 79.9. The molecule has 0 aliphatic carbocycles. The first-order valence-corrected chi connectivity index (χ1v) is 7.47. The van der Waals surface area contributed by atoms with E-state index >= 15 is 0 Å². The van der Waals surface area contributed by atoms with E-state index in [4.69, 9.17) is 38.4 Å². The number of hydrogen-bond acceptors (Lipinski definition) is 5. The fourth-order valence-corrected chi connectivity index (χ4v) is 2.73. The van der Waals surface area contributed by atoms with Crippen molar-refractivity contribution in [3.63, 3.8) is 0 Å². The zero-order valence-corrected chi connectivity index (χ0v) is 14.1. The Labute approximate surface area is 145 Å². The molecule has 0 atom stereocenters. The van der Waals surface area contributed by atoms with Gasteiger partial charge in [-0.3, -0.25) is 5.41 Å². The van der Waals surface area contributed by atoms with Crippen molar-refractivity contribution in [3.8, 4) is 6.07 Å². The van der Waals surface area contributed by atoms with Crippen molar-refractivity contribution in [1.82, 2.24) is 0 Å². The van der Waals surface area contributed by atoms with Gasteiger partial charge in [-0.05, 0) is 28.1 Å². The van der Waals surface area contributed by atoms with E-state index in [9.17, 15) is 13.2 Å². The van der Waals surface area contributed by atoms with E-state index in [0.29, 0.717) is 12.1 Å². The molecule has 0 amide bonds. The smallest absolute Gasteiger partial charge is 0.346 e. The van der Waals surface area contributed by atoms with E-state index in [1.54, 1.807) is 0 Å². The summed E-state index contributed by atoms with van der Waals surface area (Å²) in [6.45, 7) is 0. The number of halogens is 6. The van der Waals surface area contributed by atoms with Gasteiger partial charge in [0, 0.05) is 12.0 Å². The van der Waals surface area contributed by atoms with E-state index in [-0.39, 0.29) is 37.3 Å². The molecule has 0 aliphatic rings. The monoisotopic (exact) mass is 433 g/mol. The van der Waals surface area contributed by atoms with E-state index < -0.39 is 17.5 Å². The molecule has 1 aromatic carbocycles. The highest BCUT2D eigenvalue weighted by Crippen LogP contribution is 2.40. The number of hydrogen-bond donors (Lipinski definition) is 3. The molecule has 0 radical (unpaired) electrons. The molecule has 0 unspecified atom stereocenters. The Bertz CT molecular complexity index is 665. The maximum absolute atomic E-state index is 12.6. The fraction of sp³-hybridized carbons (Fsp3) is 0.0909. The van der Waals surface area contributed by atoms with Crippen molar-refractivity contribution in [2.45, 2.75) is 6.18 Å². The first kappa shape index (κ1) is 19.1. The standard InChI is InChI=1S/C11H5BrCl2F3N3OS/c12-10(9(22-21)7(19)3-18)20-8-5(13)1-4(2-6(8)14)11(15,16)17/h1-2,19-21H/b10-9+,19-7?. The lowest BCUT2D eigenvalue weighted by molar-refractivity contribution is -0.137. The molecular formula is C11H5BrCl2F3N3OS. The van der Waals surface area contributed by atoms with Crippen LogP contribution in [0.5, 0.6) is 0 Å². The fourth-order valence-electron chi connectivity index (χ4n) is 1.27. The van der Waals surface area contributed by atoms with Gasteiger partial charge in [-0.15, -0.1) is 0 Å². The Kier molecular flexibility index (Phi) is 6.58. The largest absolute Gasteiger partial charge is 0.416 e. The van der Waals surface area contributed by atoms with Gasteiger partial charge in [-0.1, -0.05) is 23.2 Å². The molecule has 1 aromatic rings. The zero-order chi connectivity index (χ0) is 17.1. The molecule has 22 heavy (non-hydrogen) atoms. The second kappa shape index (κ2) is 7.57. The van der Waals surface area contributed by atoms with Gasteiger partial charge in [0.2, 0.25) is 0 Å². The second-order valence-corrected chi connectivity index (χ2v) is 5.86. The van der Waals surface area contributed by atoms with Crippen LogP contribution in [0.15, 0.2) is 21.6 Å². The lowest BCUT2D eigenvalue weighted by atomic mass is 10.2. The summed E-state index contributed by atoms with van der Waals surface area (Å²) < 4.78 is 46.9. The van der Waals surface area contributed by atoms with Crippen LogP contribution < -0.4 is 5.32 Å². The predicted octanol–water partition coefficient (Wildman–Crippen LogP) is 5.74. The third-order valence-electron chi connectivity index (χ3n) is 2.23. The quantitative estimate of drug-likeness (QED) is 0.320. The lowest BCUT2D eigenvalue weighted by Crippen LogP contribution is -2.07. The number of nitriles is 1. The molecule has 0 bridgehead atoms. The van der Waals surface area contributed by atoms with Crippen LogP contribution in [0, 0.1) is 16.7 Å². The molecule has 4 nitrogen and oxygen atoms in total. The molecule has 0 aliphatic heterocycles. The van der Waals surface area contributed by atoms with Gasteiger partial charge in [0.25, 0.3) is 0 Å². The summed E-state index contributed by atoms with van der Waals surface area (Å²) in [4.78, 5) is -0.186. The van der Waals surface area contributed by atoms with Crippen LogP contribution in [0.2, 0.25) is 10.0 Å². The number of benzene rings is 1. The van der Waals surface area contributed by atoms with Gasteiger partial charge in [-0.2, -0.15) is 18.4 Å². The average Bonchev–Trinajstić information content (AvgIpc) is 2.42. The summed E-state index contributed by atoms with van der Waals surface area (Å²) in [6.07, 6.45) is -4.60. The summed E-state index contributed by atoms with van der Waals surface area (Å²) in [5.41, 5.74) is -1.65. The number of nitrogens with zero attached hydrogens (tertiary/aromatic N) is 1. The molecule has 11 heteroatoms. The van der Waals surface area contributed by atoms with Crippen molar-refractivity contribution >= 4 is 62.6 Å². The molecular weight excluding hydrogens is 430 g/mol. The van der Waals surface area contributed by atoms with E-state index in [1.807, 2.05) is 0 Å². The SMILES string of the molecule is N#CC(=N)/C(SO)=C(/Br)Nc1c(Cl)cc(C(F)(F)F)cc1Cl. The zero-order valence-electron chi connectivity index (χ0n) is 10.2. The maximum Gasteiger partial charge on any atom is 0.416 e. The van der Waals surface area contributed by atoms with Crippen molar-refractivity contribution in [1.29, 1.82) is 10.7 Å². The van der Waals surface area contributed by atoms with E-state index in [2.05, 4.69) is 21.2 Å². The van der Waals surface area contributed by atoms with E-state index in [1.165, 1.54) is 6.07 Å². The number of rotatable bonds is 4. The van der Waals surface area contributed by atoms with Crippen molar-refractivity contribution in [2.75, 3.05) is 5.32 Å². The van der Waals surface area contributed by atoms with E-state index in [0.717, 1.165) is 0 Å². The molecule has 0 saturated carbocycles. The lowest BCUT2D eigenvalue weighted by Gasteiger charge is -2.14. The van der Waals surface area contributed by atoms with Crippen LogP contribution in [0.25, 0.3) is 0 Å². The van der Waals surface area contributed by atoms with Crippen molar-refractivity contribution in [3.05, 3.63) is 37.3 Å². The van der Waals surface area contributed by atoms with Crippen molar-refractivity contribution in [2.24, 2.45) is 0 Å². The third kappa shape index (κ3) is 4.54. The highest BCUT2D eigenvalue weighted by molar-refractivity contribution is 9.12. The average molecular weight is 435 g/mol. The van der Waals surface area contributed by atoms with Crippen LogP contribution in [-0.2, 0) is 6.18 Å². The molecule has 3 N–H and O–H groups in total. The normalized spacial score (nSPS) is 12.5. The van der Waals surface area contributed by atoms with Gasteiger partial charge in [0.05, 0.1) is 21.3 Å². The van der Waals surface area contributed by atoms with Gasteiger partial charge < -0.3 is 9.87 Å². The molecule has 0 aromatic heterocycles. The van der Waals surface area contributed by atoms with Crippen molar-refractivity contribution < 1.29 is 17.7 Å². The van der Waals surface area contributed by atoms with Crippen LogP contribution in [0.3, 0.4) is 0 Å². The van der Waals surface area contributed by atoms with Gasteiger partial charge in [0.1, 0.15) is 15.6 Å². The number of nitrogens with one attached hydrogen (secondary N) is 2. The first-order chi connectivity index (χ1) is 10.1.